The highest BCUT2D eigenvalue weighted by Crippen LogP contribution is 2.01. The van der Waals surface area contributed by atoms with Crippen molar-refractivity contribution in [2.45, 2.75) is 33.1 Å². The summed E-state index contributed by atoms with van der Waals surface area (Å²) in [6.45, 7) is 4.18. The fraction of sp³-hybridized carbons (Fsp3) is 0.625. The van der Waals surface area contributed by atoms with Crippen LogP contribution in [0.15, 0.2) is 6.20 Å². The number of rotatable bonds is 3. The topological polar surface area (TPSA) is 28.7 Å². The first kappa shape index (κ1) is 29.7. The standard InChI is InChI=1S/C8H14N2.Al.4ClH.3H/c1-3-4-5-8-6-9-7(2)10-8;;;;;;;;/h6H,3-5H2,1-2H3,(H,9,10);;4*1H;;;. The predicted molar refractivity (Wildman–Crippen MR) is 80.9 cm³/mol. The number of imidazole rings is 1. The third-order valence-corrected chi connectivity index (χ3v) is 1.55. The van der Waals surface area contributed by atoms with Crippen LogP contribution in [0.1, 0.15) is 31.3 Å². The Labute approximate surface area is 127 Å². The van der Waals surface area contributed by atoms with Crippen molar-refractivity contribution in [1.82, 2.24) is 9.97 Å². The van der Waals surface area contributed by atoms with Gasteiger partial charge in [-0.05, 0) is 19.8 Å². The zero-order chi connectivity index (χ0) is 7.40. The van der Waals surface area contributed by atoms with E-state index in [2.05, 4.69) is 16.9 Å². The van der Waals surface area contributed by atoms with Crippen molar-refractivity contribution in [1.29, 1.82) is 0 Å². The number of unbranched alkanes of at least 4 members (excludes halogenated alkanes) is 1. The fourth-order valence-electron chi connectivity index (χ4n) is 0.954. The second-order valence-electron chi connectivity index (χ2n) is 2.58. The Morgan fingerprint density at radius 1 is 1.20 bits per heavy atom. The van der Waals surface area contributed by atoms with E-state index in [0.717, 1.165) is 12.2 Å². The lowest BCUT2D eigenvalue weighted by molar-refractivity contribution is 0.779. The number of halogens is 4. The molecule has 0 unspecified atom stereocenters. The van der Waals surface area contributed by atoms with Crippen LogP contribution >= 0.6 is 49.6 Å². The van der Waals surface area contributed by atoms with Crippen LogP contribution in [-0.2, 0) is 6.42 Å². The summed E-state index contributed by atoms with van der Waals surface area (Å²) in [5, 5.41) is 0. The Bertz CT molecular complexity index is 208. The lowest BCUT2D eigenvalue weighted by atomic mass is 10.2. The molecule has 0 amide bonds. The summed E-state index contributed by atoms with van der Waals surface area (Å²) in [5.74, 6) is 1.02. The van der Waals surface area contributed by atoms with Crippen LogP contribution in [-0.4, -0.2) is 27.3 Å². The van der Waals surface area contributed by atoms with E-state index in [9.17, 15) is 0 Å². The first-order valence-electron chi connectivity index (χ1n) is 3.84. The molecule has 0 spiro atoms. The first-order valence-corrected chi connectivity index (χ1v) is 3.84. The molecule has 2 nitrogen and oxygen atoms in total. The highest BCUT2D eigenvalue weighted by molar-refractivity contribution is 5.86. The highest BCUT2D eigenvalue weighted by atomic mass is 35.5. The van der Waals surface area contributed by atoms with Gasteiger partial charge in [-0.15, -0.1) is 49.6 Å². The van der Waals surface area contributed by atoms with Crippen molar-refractivity contribution in [3.63, 3.8) is 0 Å². The van der Waals surface area contributed by atoms with Gasteiger partial charge in [0.15, 0.2) is 17.4 Å². The number of aryl methyl sites for hydroxylation is 2. The van der Waals surface area contributed by atoms with Crippen LogP contribution in [0, 0.1) is 6.92 Å². The Kier molecular flexibility index (Phi) is 34.3. The second-order valence-corrected chi connectivity index (χ2v) is 2.58. The number of nitrogens with zero attached hydrogens (tertiary/aromatic N) is 1. The van der Waals surface area contributed by atoms with Crippen molar-refractivity contribution < 1.29 is 0 Å². The third kappa shape index (κ3) is 12.8. The molecule has 1 N–H and O–H groups in total. The summed E-state index contributed by atoms with van der Waals surface area (Å²) in [5.41, 5.74) is 1.19. The Morgan fingerprint density at radius 3 is 2.07 bits per heavy atom. The van der Waals surface area contributed by atoms with Gasteiger partial charge in [0.05, 0.1) is 5.69 Å². The zero-order valence-corrected chi connectivity index (χ0v) is 11.5. The molecule has 0 atom stereocenters. The average Bonchev–Trinajstić information content (AvgIpc) is 2.31. The van der Waals surface area contributed by atoms with E-state index in [0.29, 0.717) is 0 Å². The third-order valence-electron chi connectivity index (χ3n) is 1.55. The van der Waals surface area contributed by atoms with Gasteiger partial charge in [-0.25, -0.2) is 4.98 Å². The molecule has 0 saturated heterocycles. The predicted octanol–water partition coefficient (Wildman–Crippen LogP) is 2.56. The maximum Gasteiger partial charge on any atom is 0.187 e. The van der Waals surface area contributed by atoms with E-state index in [4.69, 9.17) is 0 Å². The summed E-state index contributed by atoms with van der Waals surface area (Å²) in [6, 6.07) is 0. The molecule has 1 aromatic rings. The Balaban J connectivity index is -0.0000000667. The normalized spacial score (nSPS) is 6.80. The minimum absolute atomic E-state index is 0. The van der Waals surface area contributed by atoms with Crippen molar-refractivity contribution in [3.05, 3.63) is 17.7 Å². The molecular formula is C8H21AlCl4N2. The smallest absolute Gasteiger partial charge is 0.187 e. The number of nitrogens with one attached hydrogen (secondary N) is 1. The molecule has 0 aliphatic heterocycles. The minimum atomic E-state index is 0. The molecule has 0 aliphatic carbocycles. The number of H-pyrrole nitrogens is 1. The van der Waals surface area contributed by atoms with Crippen molar-refractivity contribution >= 4 is 67.0 Å². The van der Waals surface area contributed by atoms with Gasteiger partial charge < -0.3 is 4.98 Å². The van der Waals surface area contributed by atoms with Crippen molar-refractivity contribution in [3.8, 4) is 0 Å². The first-order chi connectivity index (χ1) is 4.83. The van der Waals surface area contributed by atoms with Gasteiger partial charge in [-0.3, -0.25) is 0 Å². The number of aromatic nitrogens is 2. The number of hydrogen-bond donors (Lipinski definition) is 1. The highest BCUT2D eigenvalue weighted by Gasteiger charge is 1.94. The van der Waals surface area contributed by atoms with Crippen LogP contribution in [0.2, 0.25) is 0 Å². The van der Waals surface area contributed by atoms with E-state index >= 15 is 0 Å². The quantitative estimate of drug-likeness (QED) is 0.854. The van der Waals surface area contributed by atoms with Crippen LogP contribution < -0.4 is 0 Å². The molecular weight excluding hydrogens is 293 g/mol. The fourth-order valence-corrected chi connectivity index (χ4v) is 0.954. The monoisotopic (exact) mass is 312 g/mol. The van der Waals surface area contributed by atoms with Gasteiger partial charge in [-0.2, -0.15) is 0 Å². The summed E-state index contributed by atoms with van der Waals surface area (Å²) in [7, 11) is 0. The maximum absolute atomic E-state index is 4.29. The SMILES string of the molecule is CCCCc1c[nH]c(C)n1.Cl.Cl.Cl.Cl.[AlH3]. The minimum Gasteiger partial charge on any atom is -0.349 e. The van der Waals surface area contributed by atoms with E-state index in [1.807, 2.05) is 13.1 Å². The molecule has 0 bridgehead atoms. The van der Waals surface area contributed by atoms with E-state index in [-0.39, 0.29) is 67.0 Å². The molecule has 1 heterocycles. The van der Waals surface area contributed by atoms with Crippen LogP contribution in [0.25, 0.3) is 0 Å². The summed E-state index contributed by atoms with van der Waals surface area (Å²) in [6.07, 6.45) is 5.59. The molecule has 0 fully saturated rings. The largest absolute Gasteiger partial charge is 0.349 e. The molecule has 0 radical (unpaired) electrons. The molecule has 0 saturated carbocycles. The molecule has 15 heavy (non-hydrogen) atoms. The van der Waals surface area contributed by atoms with Gasteiger partial charge in [-0.1, -0.05) is 13.3 Å². The van der Waals surface area contributed by atoms with Gasteiger partial charge >= 0.3 is 0 Å². The van der Waals surface area contributed by atoms with Gasteiger partial charge in [0.25, 0.3) is 0 Å². The van der Waals surface area contributed by atoms with E-state index in [1.54, 1.807) is 0 Å². The van der Waals surface area contributed by atoms with Crippen LogP contribution in [0.5, 0.6) is 0 Å². The molecule has 1 aromatic heterocycles. The van der Waals surface area contributed by atoms with E-state index < -0.39 is 0 Å². The number of hydrogen-bond acceptors (Lipinski definition) is 1. The molecule has 7 heteroatoms. The van der Waals surface area contributed by atoms with Gasteiger partial charge in [0.1, 0.15) is 5.82 Å². The van der Waals surface area contributed by atoms with E-state index in [1.165, 1.54) is 18.5 Å². The van der Waals surface area contributed by atoms with Crippen molar-refractivity contribution in [2.24, 2.45) is 0 Å². The summed E-state index contributed by atoms with van der Waals surface area (Å²) in [4.78, 5) is 7.36. The average molecular weight is 314 g/mol. The molecule has 0 aromatic carbocycles. The van der Waals surface area contributed by atoms with Crippen molar-refractivity contribution in [2.75, 3.05) is 0 Å². The summed E-state index contributed by atoms with van der Waals surface area (Å²) >= 11 is 0. The van der Waals surface area contributed by atoms with Gasteiger partial charge in [0.2, 0.25) is 0 Å². The Morgan fingerprint density at radius 2 is 1.73 bits per heavy atom. The number of aromatic amines is 1. The second kappa shape index (κ2) is 17.3. The zero-order valence-electron chi connectivity index (χ0n) is 8.28. The maximum atomic E-state index is 4.29. The molecule has 1 rings (SSSR count). The van der Waals surface area contributed by atoms with Crippen LogP contribution in [0.3, 0.4) is 0 Å². The van der Waals surface area contributed by atoms with Gasteiger partial charge in [0, 0.05) is 6.20 Å². The summed E-state index contributed by atoms with van der Waals surface area (Å²) < 4.78 is 0. The lowest BCUT2D eigenvalue weighted by Crippen LogP contribution is -1.83. The molecule has 0 aliphatic rings. The van der Waals surface area contributed by atoms with Crippen LogP contribution in [0.4, 0.5) is 0 Å². The molecule has 94 valence electrons. The Hall–Kier alpha value is 0.902. The lowest BCUT2D eigenvalue weighted by Gasteiger charge is -1.89.